The zero-order chi connectivity index (χ0) is 16.5. The Bertz CT molecular complexity index is 641. The molecule has 0 fully saturated rings. The molecule has 0 bridgehead atoms. The van der Waals surface area contributed by atoms with Gasteiger partial charge in [-0.1, -0.05) is 31.2 Å². The first-order valence-corrected chi connectivity index (χ1v) is 7.93. The molecular formula is C19H24N2O2. The predicted molar refractivity (Wildman–Crippen MR) is 93.8 cm³/mol. The summed E-state index contributed by atoms with van der Waals surface area (Å²) < 4.78 is 5.20. The molecule has 4 nitrogen and oxygen atoms in total. The van der Waals surface area contributed by atoms with Crippen LogP contribution in [0.1, 0.15) is 24.5 Å². The molecule has 0 unspecified atom stereocenters. The average Bonchev–Trinajstić information content (AvgIpc) is 2.58. The fourth-order valence-electron chi connectivity index (χ4n) is 2.34. The molecule has 4 heteroatoms. The summed E-state index contributed by atoms with van der Waals surface area (Å²) in [6.45, 7) is 3.81. The summed E-state index contributed by atoms with van der Waals surface area (Å²) in [5.41, 5.74) is 3.11. The third kappa shape index (κ3) is 5.75. The van der Waals surface area contributed by atoms with Crippen molar-refractivity contribution in [3.8, 4) is 5.75 Å². The van der Waals surface area contributed by atoms with Crippen LogP contribution in [0.4, 0.5) is 5.69 Å². The van der Waals surface area contributed by atoms with Crippen LogP contribution in [0.3, 0.4) is 0 Å². The highest BCUT2D eigenvalue weighted by Crippen LogP contribution is 2.15. The lowest BCUT2D eigenvalue weighted by atomic mass is 10.1. The van der Waals surface area contributed by atoms with Crippen molar-refractivity contribution in [1.29, 1.82) is 0 Å². The summed E-state index contributed by atoms with van der Waals surface area (Å²) in [6.07, 6.45) is 1.14. The lowest BCUT2D eigenvalue weighted by Gasteiger charge is -2.08. The standard InChI is InChI=1S/C19H24N2O2/c1-3-20-14-16-7-4-8-17(12-16)21-19(22)11-10-15-6-5-9-18(13-15)23-2/h4-9,12-13,20H,3,10-11,14H2,1-2H3,(H,21,22). The third-order valence-electron chi connectivity index (χ3n) is 3.56. The molecule has 0 aliphatic rings. The van der Waals surface area contributed by atoms with Crippen molar-refractivity contribution < 1.29 is 9.53 Å². The van der Waals surface area contributed by atoms with E-state index in [4.69, 9.17) is 4.74 Å². The Morgan fingerprint density at radius 1 is 1.09 bits per heavy atom. The van der Waals surface area contributed by atoms with Gasteiger partial charge in [-0.2, -0.15) is 0 Å². The quantitative estimate of drug-likeness (QED) is 0.785. The topological polar surface area (TPSA) is 50.4 Å². The fourth-order valence-corrected chi connectivity index (χ4v) is 2.34. The number of carbonyl (C=O) groups excluding carboxylic acids is 1. The van der Waals surface area contributed by atoms with Gasteiger partial charge in [0.25, 0.3) is 0 Å². The molecule has 0 radical (unpaired) electrons. The van der Waals surface area contributed by atoms with Crippen LogP contribution in [0.5, 0.6) is 5.75 Å². The van der Waals surface area contributed by atoms with Crippen LogP contribution in [0.15, 0.2) is 48.5 Å². The minimum atomic E-state index is 0.0217. The number of ether oxygens (including phenoxy) is 1. The van der Waals surface area contributed by atoms with E-state index in [1.54, 1.807) is 7.11 Å². The molecule has 0 atom stereocenters. The van der Waals surface area contributed by atoms with Gasteiger partial charge in [0.05, 0.1) is 7.11 Å². The van der Waals surface area contributed by atoms with E-state index < -0.39 is 0 Å². The number of benzene rings is 2. The molecule has 1 amide bonds. The molecular weight excluding hydrogens is 288 g/mol. The second-order valence-corrected chi connectivity index (χ2v) is 5.38. The predicted octanol–water partition coefficient (Wildman–Crippen LogP) is 3.38. The third-order valence-corrected chi connectivity index (χ3v) is 3.56. The molecule has 2 aromatic carbocycles. The highest BCUT2D eigenvalue weighted by atomic mass is 16.5. The van der Waals surface area contributed by atoms with Gasteiger partial charge in [0.1, 0.15) is 5.75 Å². The van der Waals surface area contributed by atoms with Gasteiger partial charge in [0.2, 0.25) is 5.91 Å². The van der Waals surface area contributed by atoms with Crippen LogP contribution >= 0.6 is 0 Å². The highest BCUT2D eigenvalue weighted by Gasteiger charge is 2.05. The molecule has 0 saturated carbocycles. The van der Waals surface area contributed by atoms with Gasteiger partial charge >= 0.3 is 0 Å². The smallest absolute Gasteiger partial charge is 0.224 e. The van der Waals surface area contributed by atoms with Crippen molar-refractivity contribution in [3.63, 3.8) is 0 Å². The van der Waals surface area contributed by atoms with E-state index in [1.165, 1.54) is 0 Å². The maximum Gasteiger partial charge on any atom is 0.224 e. The Hall–Kier alpha value is -2.33. The van der Waals surface area contributed by atoms with E-state index in [0.29, 0.717) is 12.8 Å². The molecule has 0 aliphatic carbocycles. The summed E-state index contributed by atoms with van der Waals surface area (Å²) >= 11 is 0. The van der Waals surface area contributed by atoms with Gasteiger partial charge in [-0.05, 0) is 48.4 Å². The van der Waals surface area contributed by atoms with E-state index in [9.17, 15) is 4.79 Å². The largest absolute Gasteiger partial charge is 0.497 e. The number of nitrogens with one attached hydrogen (secondary N) is 2. The van der Waals surface area contributed by atoms with Crippen LogP contribution in [-0.4, -0.2) is 19.6 Å². The molecule has 0 heterocycles. The second kappa shape index (κ2) is 8.96. The van der Waals surface area contributed by atoms with E-state index >= 15 is 0 Å². The van der Waals surface area contributed by atoms with Gasteiger partial charge in [-0.25, -0.2) is 0 Å². The average molecular weight is 312 g/mol. The zero-order valence-corrected chi connectivity index (χ0v) is 13.8. The zero-order valence-electron chi connectivity index (χ0n) is 13.8. The second-order valence-electron chi connectivity index (χ2n) is 5.38. The van der Waals surface area contributed by atoms with Crippen LogP contribution in [0.25, 0.3) is 0 Å². The normalized spacial score (nSPS) is 10.3. The van der Waals surface area contributed by atoms with Crippen LogP contribution in [0, 0.1) is 0 Å². The molecule has 122 valence electrons. The Labute approximate surface area is 137 Å². The van der Waals surface area contributed by atoms with Crippen LogP contribution < -0.4 is 15.4 Å². The van der Waals surface area contributed by atoms with Crippen molar-refractivity contribution in [2.45, 2.75) is 26.3 Å². The molecule has 23 heavy (non-hydrogen) atoms. The minimum absolute atomic E-state index is 0.0217. The number of amides is 1. The number of aryl methyl sites for hydroxylation is 1. The molecule has 0 spiro atoms. The van der Waals surface area contributed by atoms with E-state index in [-0.39, 0.29) is 5.91 Å². The number of hydrogen-bond acceptors (Lipinski definition) is 3. The number of carbonyl (C=O) groups is 1. The van der Waals surface area contributed by atoms with Gasteiger partial charge < -0.3 is 15.4 Å². The van der Waals surface area contributed by atoms with Gasteiger partial charge in [0.15, 0.2) is 0 Å². The SMILES string of the molecule is CCNCc1cccc(NC(=O)CCc2cccc(OC)c2)c1. The molecule has 2 rings (SSSR count). The van der Waals surface area contributed by atoms with Crippen LogP contribution in [0.2, 0.25) is 0 Å². The molecule has 0 aliphatic heterocycles. The molecule has 0 saturated heterocycles. The van der Waals surface area contributed by atoms with Crippen molar-refractivity contribution in [2.75, 3.05) is 19.0 Å². The van der Waals surface area contributed by atoms with Gasteiger partial charge in [-0.3, -0.25) is 4.79 Å². The van der Waals surface area contributed by atoms with Crippen molar-refractivity contribution >= 4 is 11.6 Å². The molecule has 2 N–H and O–H groups in total. The minimum Gasteiger partial charge on any atom is -0.497 e. The first-order chi connectivity index (χ1) is 11.2. The number of methoxy groups -OCH3 is 1. The van der Waals surface area contributed by atoms with E-state index in [0.717, 1.165) is 35.7 Å². The highest BCUT2D eigenvalue weighted by molar-refractivity contribution is 5.90. The van der Waals surface area contributed by atoms with E-state index in [1.807, 2.05) is 42.5 Å². The first-order valence-electron chi connectivity index (χ1n) is 7.93. The monoisotopic (exact) mass is 312 g/mol. The summed E-state index contributed by atoms with van der Waals surface area (Å²) in [7, 11) is 1.65. The summed E-state index contributed by atoms with van der Waals surface area (Å²) in [5, 5.41) is 6.24. The van der Waals surface area contributed by atoms with E-state index in [2.05, 4.69) is 23.6 Å². The summed E-state index contributed by atoms with van der Waals surface area (Å²) in [5.74, 6) is 0.840. The Balaban J connectivity index is 1.86. The number of anilines is 1. The fraction of sp³-hybridized carbons (Fsp3) is 0.316. The lowest BCUT2D eigenvalue weighted by molar-refractivity contribution is -0.116. The van der Waals surface area contributed by atoms with Gasteiger partial charge in [0, 0.05) is 18.7 Å². The van der Waals surface area contributed by atoms with Crippen molar-refractivity contribution in [1.82, 2.24) is 5.32 Å². The van der Waals surface area contributed by atoms with Gasteiger partial charge in [-0.15, -0.1) is 0 Å². The first kappa shape index (κ1) is 17.0. The summed E-state index contributed by atoms with van der Waals surface area (Å²) in [4.78, 5) is 12.1. The Kier molecular flexibility index (Phi) is 6.63. The van der Waals surface area contributed by atoms with Crippen LogP contribution in [-0.2, 0) is 17.8 Å². The maximum absolute atomic E-state index is 12.1. The Morgan fingerprint density at radius 2 is 1.87 bits per heavy atom. The Morgan fingerprint density at radius 3 is 2.65 bits per heavy atom. The van der Waals surface area contributed by atoms with Crippen molar-refractivity contribution in [3.05, 3.63) is 59.7 Å². The number of rotatable bonds is 8. The van der Waals surface area contributed by atoms with Crippen molar-refractivity contribution in [2.24, 2.45) is 0 Å². The summed E-state index contributed by atoms with van der Waals surface area (Å²) in [6, 6.07) is 15.7. The molecule has 0 aromatic heterocycles. The molecule has 2 aromatic rings. The lowest BCUT2D eigenvalue weighted by Crippen LogP contribution is -2.14. The number of hydrogen-bond donors (Lipinski definition) is 2. The maximum atomic E-state index is 12.1.